The topological polar surface area (TPSA) is 840 Å². The van der Waals surface area contributed by atoms with E-state index < -0.39 is 385 Å². The largest absolute Gasteiger partial charge is 0.394 e. The lowest BCUT2D eigenvalue weighted by Crippen LogP contribution is -2.70. The fourth-order valence-corrected chi connectivity index (χ4v) is 15.1. The van der Waals surface area contributed by atoms with E-state index in [1.165, 1.54) is 0 Å². The molecule has 680 valence electrons. The van der Waals surface area contributed by atoms with E-state index in [4.69, 9.17) is 90.0 Å². The second-order valence-corrected chi connectivity index (χ2v) is 29.5. The molecule has 0 aromatic heterocycles. The van der Waals surface area contributed by atoms with Gasteiger partial charge < -0.3 is 254 Å². The van der Waals surface area contributed by atoms with E-state index in [0.29, 0.717) is 0 Å². The first-order chi connectivity index (χ1) is 55.5. The summed E-state index contributed by atoms with van der Waals surface area (Å²) in [5.41, 5.74) is 0. The molecule has 10 aliphatic heterocycles. The van der Waals surface area contributed by atoms with Gasteiger partial charge in [-0.25, -0.2) is 0 Å². The molecule has 53 nitrogen and oxygen atoms in total. The van der Waals surface area contributed by atoms with Gasteiger partial charge in [0.15, 0.2) is 62.9 Å². The van der Waals surface area contributed by atoms with Crippen molar-refractivity contribution in [1.29, 1.82) is 0 Å². The number of rotatable bonds is 30. The number of aliphatic hydroxyl groups excluding tert-OH is 30. The van der Waals surface area contributed by atoms with Gasteiger partial charge >= 0.3 is 0 Å². The Kier molecular flexibility index (Phi) is 34.4. The highest BCUT2D eigenvalue weighted by Gasteiger charge is 2.62. The summed E-state index contributed by atoms with van der Waals surface area (Å²) in [6.07, 6.45) is -103. The molecule has 10 fully saturated rings. The van der Waals surface area contributed by atoms with Crippen LogP contribution < -0.4 is 10.6 Å². The Balaban J connectivity index is 0.921. The first-order valence-corrected chi connectivity index (χ1v) is 37.2. The molecular weight excluding hydrogens is 1610 g/mol. The summed E-state index contributed by atoms with van der Waals surface area (Å²) >= 11 is 0. The number of aliphatic hydroxyl groups is 30. The van der Waals surface area contributed by atoms with Crippen molar-refractivity contribution in [2.24, 2.45) is 0 Å². The molecule has 117 heavy (non-hydrogen) atoms. The number of amides is 2. The summed E-state index contributed by atoms with van der Waals surface area (Å²) in [4.78, 5) is 25.0. The van der Waals surface area contributed by atoms with Crippen LogP contribution in [0.4, 0.5) is 0 Å². The molecule has 0 bridgehead atoms. The van der Waals surface area contributed by atoms with Gasteiger partial charge in [-0.05, 0) is 0 Å². The molecule has 0 aromatic carbocycles. The lowest BCUT2D eigenvalue weighted by molar-refractivity contribution is -0.413. The van der Waals surface area contributed by atoms with Gasteiger partial charge in [0, 0.05) is 13.8 Å². The third kappa shape index (κ3) is 20.6. The number of nitrogens with one attached hydrogen (secondary N) is 2. The van der Waals surface area contributed by atoms with Gasteiger partial charge in [0.05, 0.1) is 66.1 Å². The van der Waals surface area contributed by atoms with Crippen LogP contribution in [0.5, 0.6) is 0 Å². The Labute approximate surface area is 660 Å². The Hall–Kier alpha value is -3.02. The van der Waals surface area contributed by atoms with Crippen molar-refractivity contribution in [2.75, 3.05) is 66.1 Å². The quantitative estimate of drug-likeness (QED) is 0.0318. The van der Waals surface area contributed by atoms with Gasteiger partial charge in [0.2, 0.25) is 11.8 Å². The summed E-state index contributed by atoms with van der Waals surface area (Å²) < 4.78 is 111. The molecule has 1 unspecified atom stereocenters. The van der Waals surface area contributed by atoms with Crippen molar-refractivity contribution in [1.82, 2.24) is 10.6 Å². The Morgan fingerprint density at radius 3 is 0.829 bits per heavy atom. The highest BCUT2D eigenvalue weighted by atomic mass is 16.8. The standard InChI is InChI=1S/C64H108N2O51/c1-13(76)65-25-35(86)47(22(10-74)100-55(25)98)110-56-26(66-14(2)77)36(87)48(23(11-75)108-56)111-61-46(97)51(34(85)24(109-61)12-99-57-42(93)37(88)27(78)15(3-67)101-57)114-63-54(41(92)31(82)18(6-70)106-63)117-64-53(40(91)30(81)19(7-71)107-64)116-60-44(95)49(32(83)20(8-72)104-60)112-59-45(96)50(33(84)21(9-73)103-59)113-62-52(39(90)29(80)17(5-69)105-62)115-58-43(94)38(89)28(79)16(4-68)102-58/h15-64,67-75,78-98H,3-12H2,1-2H3,(H,65,76)(H,66,77)/t15-,16-,17-,18-,19-,20-,21-,22-,23-,24-,25-,26-,27-,28-,29-,30-,31-,32-,33-,34-,35-,36-,37+,38+,39+,40+,41+,42+,43-,44+,45-,46+,47-,48-,49+,50+,51+,52-,53+,54+,55-,56+,57+,58?,59-,60-,61+,62-,63-,64-/m1/s1. The van der Waals surface area contributed by atoms with Crippen molar-refractivity contribution in [3.05, 3.63) is 0 Å². The van der Waals surface area contributed by atoms with E-state index in [2.05, 4.69) is 10.6 Å². The van der Waals surface area contributed by atoms with Gasteiger partial charge in [-0.1, -0.05) is 0 Å². The molecule has 2 amide bonds. The van der Waals surface area contributed by atoms with Gasteiger partial charge in [0.1, 0.15) is 244 Å². The summed E-state index contributed by atoms with van der Waals surface area (Å²) in [7, 11) is 0. The normalized spacial score (nSPS) is 51.5. The van der Waals surface area contributed by atoms with Crippen LogP contribution in [-0.4, -0.2) is 538 Å². The number of ether oxygens (including phenoxy) is 19. The molecule has 53 heteroatoms. The maximum Gasteiger partial charge on any atom is 0.217 e. The SMILES string of the molecule is CC(=O)N[C@@H]1[C@@H](O)[C@H](O[C@@H]2O[C@H](CO)[C@@H](O[C@@H]3O[C@H](CO[C@H]4O[C@H](CO)[C@@H](O)[C@H](O)[C@@H]4O)[C@@H](O)[C@H](O[C@H]4O[C@H](CO)[C@@H](O)[C@H](O)[C@@H]4O[C@H]4O[C@H](CO)[C@@H](O)[C@H](O)[C@@H]4O[C@H]4O[C@H](CO)[C@@H](O)[C@H](O[C@H]5O[C@H](CO)[C@@H](O)[C@H](O[C@H]6O[C@H](CO)[C@@H](O)[C@H](O)[C@H]6OC6O[C@H](CO)[C@@H](O)[C@H](O)[C@H]6O)[C@H]5O)[C@@H]4O)[C@@H]3O)[C@H](O)[C@H]2NC(C)=O)[C@@H](CO)O[C@H]1O. The number of carbonyl (C=O) groups is 2. The Bertz CT molecular complexity index is 3050. The van der Waals surface area contributed by atoms with Crippen molar-refractivity contribution >= 4 is 11.8 Å². The second-order valence-electron chi connectivity index (χ2n) is 29.5. The molecule has 0 radical (unpaired) electrons. The zero-order valence-corrected chi connectivity index (χ0v) is 61.9. The lowest BCUT2D eigenvalue weighted by Gasteiger charge is -2.51. The molecule has 10 heterocycles. The zero-order valence-electron chi connectivity index (χ0n) is 61.9. The highest BCUT2D eigenvalue weighted by molar-refractivity contribution is 5.73. The van der Waals surface area contributed by atoms with Crippen LogP contribution in [0.1, 0.15) is 13.8 Å². The summed E-state index contributed by atoms with van der Waals surface area (Å²) in [6.45, 7) is -9.16. The summed E-state index contributed by atoms with van der Waals surface area (Å²) in [6, 6.07) is -3.53. The van der Waals surface area contributed by atoms with Gasteiger partial charge in [0.25, 0.3) is 0 Å². The van der Waals surface area contributed by atoms with E-state index in [1.807, 2.05) is 0 Å². The van der Waals surface area contributed by atoms with Gasteiger partial charge in [-0.3, -0.25) is 9.59 Å². The predicted molar refractivity (Wildman–Crippen MR) is 353 cm³/mol. The van der Waals surface area contributed by atoms with E-state index in [1.54, 1.807) is 0 Å². The molecule has 32 N–H and O–H groups in total. The lowest BCUT2D eigenvalue weighted by atomic mass is 9.94. The third-order valence-corrected chi connectivity index (χ3v) is 21.7. The van der Waals surface area contributed by atoms with Crippen molar-refractivity contribution in [3.8, 4) is 0 Å². The zero-order chi connectivity index (χ0) is 85.9. The van der Waals surface area contributed by atoms with E-state index in [-0.39, 0.29) is 0 Å². The van der Waals surface area contributed by atoms with Crippen LogP contribution in [0.25, 0.3) is 0 Å². The summed E-state index contributed by atoms with van der Waals surface area (Å²) in [5.74, 6) is -1.71. The van der Waals surface area contributed by atoms with Crippen LogP contribution >= 0.6 is 0 Å². The Morgan fingerprint density at radius 1 is 0.222 bits per heavy atom. The smallest absolute Gasteiger partial charge is 0.217 e. The fraction of sp³-hybridized carbons (Fsp3) is 0.969. The minimum atomic E-state index is -2.55. The van der Waals surface area contributed by atoms with E-state index >= 15 is 0 Å². The average molecular weight is 1720 g/mol. The van der Waals surface area contributed by atoms with Crippen LogP contribution in [-0.2, 0) is 99.6 Å². The van der Waals surface area contributed by atoms with Crippen LogP contribution in [0.15, 0.2) is 0 Å². The molecule has 0 aromatic rings. The molecule has 0 saturated carbocycles. The first kappa shape index (κ1) is 96.2. The molecule has 10 saturated heterocycles. The van der Waals surface area contributed by atoms with E-state index in [9.17, 15) is 163 Å². The monoisotopic (exact) mass is 1720 g/mol. The first-order valence-electron chi connectivity index (χ1n) is 37.2. The number of carbonyl (C=O) groups excluding carboxylic acids is 2. The van der Waals surface area contributed by atoms with Crippen LogP contribution in [0.3, 0.4) is 0 Å². The molecular formula is C64H108N2O51. The highest BCUT2D eigenvalue weighted by Crippen LogP contribution is 2.41. The number of hydrogen-bond donors (Lipinski definition) is 32. The predicted octanol–water partition coefficient (Wildman–Crippen LogP) is -22.5. The average Bonchev–Trinajstić information content (AvgIpc) is 0.769. The fourth-order valence-electron chi connectivity index (χ4n) is 15.1. The maximum atomic E-state index is 12.9. The minimum absolute atomic E-state index is 0.782. The minimum Gasteiger partial charge on any atom is -0.394 e. The van der Waals surface area contributed by atoms with Crippen molar-refractivity contribution in [3.63, 3.8) is 0 Å². The summed E-state index contributed by atoms with van der Waals surface area (Å²) in [5, 5.41) is 337. The van der Waals surface area contributed by atoms with Gasteiger partial charge in [-0.2, -0.15) is 0 Å². The maximum absolute atomic E-state index is 12.9. The van der Waals surface area contributed by atoms with Crippen LogP contribution in [0.2, 0.25) is 0 Å². The molecule has 0 aliphatic carbocycles. The molecule has 0 spiro atoms. The van der Waals surface area contributed by atoms with Gasteiger partial charge in [-0.15, -0.1) is 0 Å². The Morgan fingerprint density at radius 2 is 0.462 bits per heavy atom. The van der Waals surface area contributed by atoms with Crippen molar-refractivity contribution < 1.29 is 253 Å². The molecule has 10 aliphatic rings. The molecule has 50 atom stereocenters. The second kappa shape index (κ2) is 41.9. The van der Waals surface area contributed by atoms with E-state index in [0.717, 1.165) is 13.8 Å². The number of hydrogen-bond acceptors (Lipinski definition) is 51. The molecule has 10 rings (SSSR count). The van der Waals surface area contributed by atoms with Crippen molar-refractivity contribution in [2.45, 2.75) is 321 Å². The third-order valence-electron chi connectivity index (χ3n) is 21.7. The van der Waals surface area contributed by atoms with Crippen LogP contribution in [0, 0.1) is 0 Å².